The van der Waals surface area contributed by atoms with E-state index in [0.717, 1.165) is 40.6 Å². The first-order valence-corrected chi connectivity index (χ1v) is 9.30. The fourth-order valence-corrected chi connectivity index (χ4v) is 2.92. The van der Waals surface area contributed by atoms with Crippen molar-refractivity contribution in [3.63, 3.8) is 0 Å². The highest BCUT2D eigenvalue weighted by Gasteiger charge is 2.14. The number of anilines is 1. The maximum Gasteiger partial charge on any atom is 0.228 e. The van der Waals surface area contributed by atoms with Gasteiger partial charge in [0, 0.05) is 11.1 Å². The maximum absolute atomic E-state index is 13.9. The van der Waals surface area contributed by atoms with Crippen molar-refractivity contribution in [3.05, 3.63) is 76.5 Å². The summed E-state index contributed by atoms with van der Waals surface area (Å²) in [6.07, 6.45) is 1.71. The highest BCUT2D eigenvalue weighted by molar-refractivity contribution is 5.90. The summed E-state index contributed by atoms with van der Waals surface area (Å²) < 4.78 is 34.5. The molecule has 0 aliphatic carbocycles. The first-order chi connectivity index (χ1) is 13.8. The van der Waals surface area contributed by atoms with Crippen molar-refractivity contribution in [2.75, 3.05) is 11.9 Å². The molecule has 0 unspecified atom stereocenters. The molecule has 0 saturated carbocycles. The minimum Gasteiger partial charge on any atom is -0.493 e. The molecule has 0 radical (unpaired) electrons. The number of benzene rings is 2. The van der Waals surface area contributed by atoms with Gasteiger partial charge in [0.1, 0.15) is 23.2 Å². The molecular formula is C22H23F2N3O2. The molecule has 1 amide bonds. The van der Waals surface area contributed by atoms with Gasteiger partial charge in [0.2, 0.25) is 5.91 Å². The fraction of sp³-hybridized carbons (Fsp3) is 0.273. The van der Waals surface area contributed by atoms with Crippen molar-refractivity contribution < 1.29 is 18.3 Å². The standard InChI is InChI=1S/C22H23F2N3O2/c1-14-5-4-6-20(16(14)3)29-10-9-21(28)26-22-15(2)12-25-27(22)13-17-11-18(23)7-8-19(17)24/h4-8,11-12H,9-10,13H2,1-3H3,(H,26,28). The number of nitrogens with one attached hydrogen (secondary N) is 1. The largest absolute Gasteiger partial charge is 0.493 e. The molecule has 0 spiro atoms. The van der Waals surface area contributed by atoms with E-state index in [1.54, 1.807) is 13.1 Å². The fourth-order valence-electron chi connectivity index (χ4n) is 2.92. The summed E-state index contributed by atoms with van der Waals surface area (Å²) in [6, 6.07) is 9.03. The third-order valence-corrected chi connectivity index (χ3v) is 4.75. The lowest BCUT2D eigenvalue weighted by Gasteiger charge is -2.13. The van der Waals surface area contributed by atoms with Crippen LogP contribution in [0.3, 0.4) is 0 Å². The number of aryl methyl sites for hydroxylation is 2. The van der Waals surface area contributed by atoms with E-state index in [2.05, 4.69) is 10.4 Å². The Morgan fingerprint density at radius 2 is 1.93 bits per heavy atom. The Kier molecular flexibility index (Phi) is 6.26. The molecule has 0 atom stereocenters. The van der Waals surface area contributed by atoms with Gasteiger partial charge < -0.3 is 10.1 Å². The summed E-state index contributed by atoms with van der Waals surface area (Å²) in [7, 11) is 0. The van der Waals surface area contributed by atoms with Crippen LogP contribution in [0.5, 0.6) is 5.75 Å². The molecule has 2 aromatic carbocycles. The molecule has 0 aliphatic rings. The van der Waals surface area contributed by atoms with Gasteiger partial charge in [0.05, 0.1) is 25.8 Å². The number of hydrogen-bond donors (Lipinski definition) is 1. The van der Waals surface area contributed by atoms with Gasteiger partial charge in [-0.3, -0.25) is 4.79 Å². The Morgan fingerprint density at radius 1 is 1.14 bits per heavy atom. The summed E-state index contributed by atoms with van der Waals surface area (Å²) in [6.45, 7) is 5.99. The number of aromatic nitrogens is 2. The van der Waals surface area contributed by atoms with E-state index in [9.17, 15) is 13.6 Å². The summed E-state index contributed by atoms with van der Waals surface area (Å²) in [4.78, 5) is 12.4. The van der Waals surface area contributed by atoms with E-state index in [1.807, 2.05) is 32.0 Å². The lowest BCUT2D eigenvalue weighted by atomic mass is 10.1. The molecule has 29 heavy (non-hydrogen) atoms. The topological polar surface area (TPSA) is 56.1 Å². The highest BCUT2D eigenvalue weighted by atomic mass is 19.1. The number of nitrogens with zero attached hydrogens (tertiary/aromatic N) is 2. The minimum absolute atomic E-state index is 0.00599. The molecular weight excluding hydrogens is 376 g/mol. The molecule has 0 bridgehead atoms. The Hall–Kier alpha value is -3.22. The van der Waals surface area contributed by atoms with Crippen LogP contribution in [0.15, 0.2) is 42.6 Å². The van der Waals surface area contributed by atoms with Gasteiger partial charge in [0.25, 0.3) is 0 Å². The van der Waals surface area contributed by atoms with Gasteiger partial charge >= 0.3 is 0 Å². The molecule has 3 rings (SSSR count). The number of carbonyl (C=O) groups excluding carboxylic acids is 1. The molecule has 1 heterocycles. The van der Waals surface area contributed by atoms with Crippen molar-refractivity contribution in [3.8, 4) is 5.75 Å². The van der Waals surface area contributed by atoms with Crippen molar-refractivity contribution in [2.24, 2.45) is 0 Å². The molecule has 0 saturated heterocycles. The van der Waals surface area contributed by atoms with E-state index < -0.39 is 11.6 Å². The third kappa shape index (κ3) is 4.99. The van der Waals surface area contributed by atoms with Crippen molar-refractivity contribution >= 4 is 11.7 Å². The zero-order valence-corrected chi connectivity index (χ0v) is 16.6. The van der Waals surface area contributed by atoms with E-state index >= 15 is 0 Å². The Balaban J connectivity index is 1.63. The van der Waals surface area contributed by atoms with Crippen LogP contribution in [0.4, 0.5) is 14.6 Å². The van der Waals surface area contributed by atoms with E-state index in [-0.39, 0.29) is 31.0 Å². The number of halogens is 2. The van der Waals surface area contributed by atoms with Gasteiger partial charge in [-0.05, 0) is 56.2 Å². The first-order valence-electron chi connectivity index (χ1n) is 9.30. The molecule has 1 aromatic heterocycles. The van der Waals surface area contributed by atoms with Crippen LogP contribution in [0.1, 0.15) is 28.7 Å². The predicted molar refractivity (Wildman–Crippen MR) is 107 cm³/mol. The summed E-state index contributed by atoms with van der Waals surface area (Å²) in [5, 5.41) is 6.96. The van der Waals surface area contributed by atoms with Gasteiger partial charge in [-0.1, -0.05) is 12.1 Å². The molecule has 0 fully saturated rings. The van der Waals surface area contributed by atoms with Gasteiger partial charge in [-0.25, -0.2) is 13.5 Å². The summed E-state index contributed by atoms with van der Waals surface area (Å²) in [5.74, 6) is -0.107. The SMILES string of the molecule is Cc1cccc(OCCC(=O)Nc2c(C)cnn2Cc2cc(F)ccc2F)c1C. The Labute approximate surface area is 168 Å². The zero-order chi connectivity index (χ0) is 21.0. The van der Waals surface area contributed by atoms with Crippen LogP contribution in [0.2, 0.25) is 0 Å². The average molecular weight is 399 g/mol. The zero-order valence-electron chi connectivity index (χ0n) is 16.6. The first kappa shape index (κ1) is 20.5. The number of amides is 1. The molecule has 5 nitrogen and oxygen atoms in total. The smallest absolute Gasteiger partial charge is 0.228 e. The van der Waals surface area contributed by atoms with E-state index in [0.29, 0.717) is 5.82 Å². The third-order valence-electron chi connectivity index (χ3n) is 4.75. The van der Waals surface area contributed by atoms with Gasteiger partial charge in [-0.15, -0.1) is 0 Å². The van der Waals surface area contributed by atoms with Gasteiger partial charge in [-0.2, -0.15) is 5.10 Å². The second kappa shape index (κ2) is 8.86. The van der Waals surface area contributed by atoms with Crippen LogP contribution < -0.4 is 10.1 Å². The van der Waals surface area contributed by atoms with Crippen LogP contribution in [0, 0.1) is 32.4 Å². The molecule has 0 aliphatic heterocycles. The number of hydrogen-bond acceptors (Lipinski definition) is 3. The monoisotopic (exact) mass is 399 g/mol. The van der Waals surface area contributed by atoms with E-state index in [1.165, 1.54) is 4.68 Å². The molecule has 3 aromatic rings. The number of ether oxygens (including phenoxy) is 1. The van der Waals surface area contributed by atoms with Crippen LogP contribution in [-0.2, 0) is 11.3 Å². The molecule has 7 heteroatoms. The summed E-state index contributed by atoms with van der Waals surface area (Å²) >= 11 is 0. The van der Waals surface area contributed by atoms with Crippen molar-refractivity contribution in [1.82, 2.24) is 9.78 Å². The normalized spacial score (nSPS) is 10.8. The summed E-state index contributed by atoms with van der Waals surface area (Å²) in [5.41, 5.74) is 3.04. The number of carbonyl (C=O) groups is 1. The second-order valence-electron chi connectivity index (χ2n) is 6.91. The second-order valence-corrected chi connectivity index (χ2v) is 6.91. The molecule has 152 valence electrons. The highest BCUT2D eigenvalue weighted by Crippen LogP contribution is 2.21. The van der Waals surface area contributed by atoms with E-state index in [4.69, 9.17) is 4.74 Å². The quantitative estimate of drug-likeness (QED) is 0.635. The van der Waals surface area contributed by atoms with Crippen LogP contribution in [-0.4, -0.2) is 22.3 Å². The minimum atomic E-state index is -0.529. The number of rotatable bonds is 7. The Morgan fingerprint density at radius 3 is 2.72 bits per heavy atom. The van der Waals surface area contributed by atoms with Crippen LogP contribution in [0.25, 0.3) is 0 Å². The Bertz CT molecular complexity index is 1030. The molecule has 1 N–H and O–H groups in total. The van der Waals surface area contributed by atoms with Crippen molar-refractivity contribution in [1.29, 1.82) is 0 Å². The van der Waals surface area contributed by atoms with Gasteiger partial charge in [0.15, 0.2) is 0 Å². The predicted octanol–water partition coefficient (Wildman–Crippen LogP) is 4.54. The maximum atomic E-state index is 13.9. The van der Waals surface area contributed by atoms with Crippen LogP contribution >= 0.6 is 0 Å². The average Bonchev–Trinajstić information content (AvgIpc) is 3.01. The van der Waals surface area contributed by atoms with Crippen molar-refractivity contribution in [2.45, 2.75) is 33.7 Å². The lowest BCUT2D eigenvalue weighted by molar-refractivity contribution is -0.116. The lowest BCUT2D eigenvalue weighted by Crippen LogP contribution is -2.19.